The molecule has 0 radical (unpaired) electrons. The van der Waals surface area contributed by atoms with E-state index >= 15 is 0 Å². The topological polar surface area (TPSA) is 114 Å². The average Bonchev–Trinajstić information content (AvgIpc) is 3.55. The maximum atomic E-state index is 14.9. The number of amides is 2. The van der Waals surface area contributed by atoms with Crippen molar-refractivity contribution in [3.8, 4) is 11.5 Å². The summed E-state index contributed by atoms with van der Waals surface area (Å²) in [6, 6.07) is 3.50. The largest absolute Gasteiger partial charge is 0.496 e. The number of carboxylic acids is 1. The molecule has 3 N–H and O–H groups in total. The second kappa shape index (κ2) is 10.8. The summed E-state index contributed by atoms with van der Waals surface area (Å²) in [5.74, 6) is -4.60. The summed E-state index contributed by atoms with van der Waals surface area (Å²) < 4.78 is 91.3. The van der Waals surface area contributed by atoms with Crippen molar-refractivity contribution in [2.75, 3.05) is 12.4 Å². The van der Waals surface area contributed by atoms with Gasteiger partial charge in [0.15, 0.2) is 11.6 Å². The summed E-state index contributed by atoms with van der Waals surface area (Å²) in [6.07, 6.45) is 3.15. The highest BCUT2D eigenvalue weighted by Gasteiger charge is 2.65. The molecule has 3 saturated carbocycles. The van der Waals surface area contributed by atoms with Gasteiger partial charge in [-0.2, -0.15) is 0 Å². The zero-order valence-corrected chi connectivity index (χ0v) is 24.4. The van der Waals surface area contributed by atoms with Gasteiger partial charge in [0.25, 0.3) is 5.91 Å². The Hall–Kier alpha value is -3.62. The van der Waals surface area contributed by atoms with Gasteiger partial charge in [-0.1, -0.05) is 19.4 Å². The number of methoxy groups -OCH3 is 1. The first-order chi connectivity index (χ1) is 20.4. The monoisotopic (exact) mass is 650 g/mol. The van der Waals surface area contributed by atoms with Gasteiger partial charge in [0, 0.05) is 17.8 Å². The Morgan fingerprint density at radius 3 is 2.11 bits per heavy atom. The molecular weight excluding hydrogens is 618 g/mol. The first-order valence-corrected chi connectivity index (χ1v) is 16.1. The molecule has 0 unspecified atom stereocenters. The average molecular weight is 651 g/mol. The zero-order valence-electron chi connectivity index (χ0n) is 23.5. The van der Waals surface area contributed by atoms with Gasteiger partial charge >= 0.3 is 16.2 Å². The lowest BCUT2D eigenvalue weighted by atomic mass is 9.83. The minimum absolute atomic E-state index is 0.0448. The summed E-state index contributed by atoms with van der Waals surface area (Å²) >= 11 is 0. The Balaban J connectivity index is 1.30. The molecule has 8 nitrogen and oxygen atoms in total. The van der Waals surface area contributed by atoms with Crippen LogP contribution in [0.3, 0.4) is 0 Å². The van der Waals surface area contributed by atoms with Crippen molar-refractivity contribution in [2.24, 2.45) is 23.7 Å². The van der Waals surface area contributed by atoms with Crippen LogP contribution in [0.2, 0.25) is 0 Å². The molecule has 2 aromatic rings. The highest BCUT2D eigenvalue weighted by molar-refractivity contribution is 8.45. The third-order valence-electron chi connectivity index (χ3n) is 8.90. The maximum absolute atomic E-state index is 14.9. The van der Waals surface area contributed by atoms with Crippen LogP contribution in [-0.2, 0) is 9.59 Å². The van der Waals surface area contributed by atoms with E-state index in [1.807, 2.05) is 0 Å². The lowest BCUT2D eigenvalue weighted by Gasteiger charge is -2.40. The summed E-state index contributed by atoms with van der Waals surface area (Å²) in [5, 5.41) is 14.6. The second-order valence-corrected chi connectivity index (χ2v) is 14.2. The lowest BCUT2D eigenvalue weighted by Crippen LogP contribution is -2.48. The van der Waals surface area contributed by atoms with Gasteiger partial charge < -0.3 is 25.2 Å². The van der Waals surface area contributed by atoms with Crippen molar-refractivity contribution in [1.29, 1.82) is 0 Å². The molecule has 2 amide bonds. The van der Waals surface area contributed by atoms with Crippen LogP contribution in [0.4, 0.5) is 29.5 Å². The van der Waals surface area contributed by atoms with Crippen molar-refractivity contribution in [1.82, 2.24) is 5.32 Å². The van der Waals surface area contributed by atoms with Gasteiger partial charge in [-0.05, 0) is 87.1 Å². The van der Waals surface area contributed by atoms with E-state index in [0.29, 0.717) is 38.5 Å². The van der Waals surface area contributed by atoms with E-state index in [1.165, 1.54) is 13.2 Å². The van der Waals surface area contributed by atoms with Gasteiger partial charge in [0.2, 0.25) is 5.91 Å². The van der Waals surface area contributed by atoms with Crippen LogP contribution >= 0.6 is 10.2 Å². The van der Waals surface area contributed by atoms with Crippen LogP contribution in [0.25, 0.3) is 0 Å². The summed E-state index contributed by atoms with van der Waals surface area (Å²) in [6.45, 7) is 0. The van der Waals surface area contributed by atoms with Crippen molar-refractivity contribution >= 4 is 33.7 Å². The van der Waals surface area contributed by atoms with Crippen LogP contribution in [0.1, 0.15) is 55.3 Å². The van der Waals surface area contributed by atoms with E-state index in [-0.39, 0.29) is 46.7 Å². The molecule has 0 aromatic heterocycles. The third kappa shape index (κ3) is 6.71. The summed E-state index contributed by atoms with van der Waals surface area (Å²) in [4.78, 5) is 36.0. The molecule has 2 aromatic carbocycles. The quantitative estimate of drug-likeness (QED) is 0.246. The number of halogens is 6. The standard InChI is InChI=1S/C29H32F6N2O6S/c1-42-23-14-22(30)24(43-19-8-4-15(5-9-19)29(40)41)13-21(23)27(38)37-26-17-3-2-16(12-17)25(26)28(39)36-18-6-10-20(11-7-18)44(31,32,33,34)35/h6-7,10-11,13-17,19,25-26H,2-5,8-9,12H2,1H3,(H,36,39)(H,37,38)(H,40,41)/t15-,16-,17+,19+,25+,26-/m1/s1. The van der Waals surface area contributed by atoms with Crippen LogP contribution in [0.15, 0.2) is 41.3 Å². The number of carbonyl (C=O) groups is 3. The van der Waals surface area contributed by atoms with Crippen molar-refractivity contribution < 1.29 is 52.8 Å². The lowest BCUT2D eigenvalue weighted by molar-refractivity contribution is -0.143. The van der Waals surface area contributed by atoms with Gasteiger partial charge in [0.1, 0.15) is 10.6 Å². The van der Waals surface area contributed by atoms with Crippen molar-refractivity contribution in [3.63, 3.8) is 0 Å². The predicted molar refractivity (Wildman–Crippen MR) is 149 cm³/mol. The number of fused-ring (bicyclic) bond motifs is 2. The first kappa shape index (κ1) is 31.8. The molecule has 242 valence electrons. The summed E-state index contributed by atoms with van der Waals surface area (Å²) in [7, 11) is -8.61. The number of hydrogen-bond acceptors (Lipinski definition) is 5. The normalized spacial score (nSPS) is 28.0. The maximum Gasteiger partial charge on any atom is 0.310 e. The molecule has 15 heteroatoms. The molecule has 0 aliphatic heterocycles. The predicted octanol–water partition coefficient (Wildman–Crippen LogP) is 7.30. The highest BCUT2D eigenvalue weighted by atomic mass is 32.5. The second-order valence-electron chi connectivity index (χ2n) is 11.8. The molecule has 2 bridgehead atoms. The molecule has 3 aliphatic rings. The van der Waals surface area contributed by atoms with E-state index in [9.17, 15) is 43.3 Å². The molecule has 5 rings (SSSR count). The van der Waals surface area contributed by atoms with E-state index < -0.39 is 62.7 Å². The molecule has 0 saturated heterocycles. The van der Waals surface area contributed by atoms with E-state index in [1.54, 1.807) is 0 Å². The number of carboxylic acid groups (broad SMARTS) is 1. The van der Waals surface area contributed by atoms with Crippen molar-refractivity contribution in [3.05, 3.63) is 47.8 Å². The molecule has 3 aliphatic carbocycles. The minimum Gasteiger partial charge on any atom is -0.496 e. The molecule has 0 spiro atoms. The van der Waals surface area contributed by atoms with Crippen LogP contribution in [-0.4, -0.2) is 42.1 Å². The third-order valence-corrected chi connectivity index (χ3v) is 10.1. The van der Waals surface area contributed by atoms with E-state index in [2.05, 4.69) is 10.6 Å². The fourth-order valence-corrected chi connectivity index (χ4v) is 7.36. The highest BCUT2D eigenvalue weighted by Crippen LogP contribution is 3.02. The van der Waals surface area contributed by atoms with E-state index in [0.717, 1.165) is 24.6 Å². The number of carbonyl (C=O) groups excluding carboxylic acids is 2. The van der Waals surface area contributed by atoms with Crippen LogP contribution in [0.5, 0.6) is 11.5 Å². The number of aliphatic carboxylic acids is 1. The molecule has 44 heavy (non-hydrogen) atoms. The smallest absolute Gasteiger partial charge is 0.310 e. The van der Waals surface area contributed by atoms with Gasteiger partial charge in [-0.15, -0.1) is 0 Å². The van der Waals surface area contributed by atoms with Crippen molar-refractivity contribution in [2.45, 2.75) is 62.0 Å². The number of hydrogen-bond donors (Lipinski definition) is 3. The number of ether oxygens (including phenoxy) is 2. The number of anilines is 1. The molecule has 4 atom stereocenters. The Labute approximate surface area is 249 Å². The number of rotatable bonds is 9. The molecule has 0 heterocycles. The SMILES string of the molecule is COc1cc(F)c(O[C@H]2CC[C@@H](C(=O)O)CC2)cc1C(=O)N[C@@H]1[C@H]2CC[C@H](C2)[C@@H]1C(=O)Nc1ccc(S(F)(F)(F)(F)F)cc1. The van der Waals surface area contributed by atoms with Crippen LogP contribution in [0, 0.1) is 29.5 Å². The Kier molecular flexibility index (Phi) is 7.78. The van der Waals surface area contributed by atoms with Crippen LogP contribution < -0.4 is 20.1 Å². The number of nitrogens with one attached hydrogen (secondary N) is 2. The van der Waals surface area contributed by atoms with Gasteiger partial charge in [0.05, 0.1) is 30.6 Å². The fourth-order valence-electron chi connectivity index (χ4n) is 6.71. The Morgan fingerprint density at radius 2 is 1.52 bits per heavy atom. The molecular formula is C29H32F6N2O6S. The summed E-state index contributed by atoms with van der Waals surface area (Å²) in [5.41, 5.74) is -0.149. The molecule has 3 fully saturated rings. The fraction of sp³-hybridized carbons (Fsp3) is 0.483. The minimum atomic E-state index is -9.87. The van der Waals surface area contributed by atoms with Gasteiger partial charge in [-0.3, -0.25) is 14.4 Å². The zero-order chi connectivity index (χ0) is 32.1. The van der Waals surface area contributed by atoms with E-state index in [4.69, 9.17) is 9.47 Å². The van der Waals surface area contributed by atoms with Gasteiger partial charge in [-0.25, -0.2) is 4.39 Å². The number of benzene rings is 2. The first-order valence-electron chi connectivity index (χ1n) is 14.2. The Bertz CT molecular complexity index is 1470. The Morgan fingerprint density at radius 1 is 0.886 bits per heavy atom.